The van der Waals surface area contributed by atoms with Crippen molar-refractivity contribution in [1.29, 1.82) is 0 Å². The van der Waals surface area contributed by atoms with Gasteiger partial charge in [-0.15, -0.1) is 11.3 Å². The molecule has 0 radical (unpaired) electrons. The summed E-state index contributed by atoms with van der Waals surface area (Å²) in [6.07, 6.45) is 2.59. The van der Waals surface area contributed by atoms with E-state index in [2.05, 4.69) is 15.5 Å². The highest BCUT2D eigenvalue weighted by Crippen LogP contribution is 2.26. The lowest BCUT2D eigenvalue weighted by molar-refractivity contribution is -0.0458. The minimum atomic E-state index is -0.163. The zero-order valence-corrected chi connectivity index (χ0v) is 14.3. The molecule has 0 aromatic carbocycles. The molecule has 3 heterocycles. The normalized spacial score (nSPS) is 26.5. The van der Waals surface area contributed by atoms with Crippen LogP contribution < -0.4 is 10.6 Å². The van der Waals surface area contributed by atoms with Crippen LogP contribution in [0.2, 0.25) is 4.34 Å². The molecular weight excluding hydrogens is 322 g/mol. The Morgan fingerprint density at radius 3 is 3.23 bits per heavy atom. The molecule has 2 saturated heterocycles. The molecule has 0 saturated carbocycles. The molecule has 5 nitrogen and oxygen atoms in total. The van der Waals surface area contributed by atoms with Crippen molar-refractivity contribution in [2.24, 2.45) is 0 Å². The van der Waals surface area contributed by atoms with Crippen LogP contribution in [0, 0.1) is 0 Å². The van der Waals surface area contributed by atoms with Crippen molar-refractivity contribution in [2.75, 3.05) is 26.2 Å². The predicted octanol–water partition coefficient (Wildman–Crippen LogP) is 2.62. The molecule has 1 aromatic heterocycles. The molecule has 0 spiro atoms. The molecule has 2 amide bonds. The lowest BCUT2D eigenvalue weighted by Gasteiger charge is -2.35. The largest absolute Gasteiger partial charge is 0.373 e. The summed E-state index contributed by atoms with van der Waals surface area (Å²) < 4.78 is 6.57. The average molecular weight is 344 g/mol. The zero-order valence-electron chi connectivity index (χ0n) is 12.7. The first-order chi connectivity index (χ1) is 10.6. The standard InChI is InChI=1S/C15H22ClN3O2S/c1-10(13-4-5-14(16)22-13)18-15(20)17-7-12-8-19-6-2-3-11(19)9-21-12/h4-5,10-12H,2-3,6-9H2,1H3,(H2,17,18,20)/t10-,11+,12-/m0/s1. The van der Waals surface area contributed by atoms with Crippen LogP contribution in [0.1, 0.15) is 30.7 Å². The molecule has 2 aliphatic rings. The smallest absolute Gasteiger partial charge is 0.315 e. The maximum atomic E-state index is 12.0. The van der Waals surface area contributed by atoms with E-state index in [4.69, 9.17) is 16.3 Å². The Labute approximate surface area is 140 Å². The Morgan fingerprint density at radius 1 is 1.59 bits per heavy atom. The molecule has 3 rings (SSSR count). The van der Waals surface area contributed by atoms with Gasteiger partial charge in [0.2, 0.25) is 0 Å². The predicted molar refractivity (Wildman–Crippen MR) is 88.6 cm³/mol. The number of amides is 2. The van der Waals surface area contributed by atoms with Crippen molar-refractivity contribution in [1.82, 2.24) is 15.5 Å². The number of ether oxygens (including phenoxy) is 1. The molecule has 2 aliphatic heterocycles. The highest BCUT2D eigenvalue weighted by molar-refractivity contribution is 7.16. The van der Waals surface area contributed by atoms with Gasteiger partial charge >= 0.3 is 6.03 Å². The van der Waals surface area contributed by atoms with E-state index in [0.717, 1.165) is 28.9 Å². The van der Waals surface area contributed by atoms with E-state index < -0.39 is 0 Å². The number of nitrogens with one attached hydrogen (secondary N) is 2. The Hall–Kier alpha value is -0.820. The van der Waals surface area contributed by atoms with Crippen LogP contribution in [0.5, 0.6) is 0 Å². The van der Waals surface area contributed by atoms with Gasteiger partial charge in [0.15, 0.2) is 0 Å². The molecule has 0 aliphatic carbocycles. The van der Waals surface area contributed by atoms with Gasteiger partial charge in [0.05, 0.1) is 23.1 Å². The van der Waals surface area contributed by atoms with E-state index in [9.17, 15) is 4.79 Å². The van der Waals surface area contributed by atoms with E-state index in [0.29, 0.717) is 12.6 Å². The minimum absolute atomic E-state index is 0.0484. The maximum Gasteiger partial charge on any atom is 0.315 e. The average Bonchev–Trinajstić information content (AvgIpc) is 3.13. The van der Waals surface area contributed by atoms with E-state index in [1.807, 2.05) is 19.1 Å². The van der Waals surface area contributed by atoms with E-state index in [-0.39, 0.29) is 18.2 Å². The van der Waals surface area contributed by atoms with Gasteiger partial charge in [-0.1, -0.05) is 11.6 Å². The summed E-state index contributed by atoms with van der Waals surface area (Å²) in [6.45, 7) is 5.37. The molecule has 0 unspecified atom stereocenters. The number of carbonyl (C=O) groups excluding carboxylic acids is 1. The number of halogens is 1. The second kappa shape index (κ2) is 7.17. The summed E-state index contributed by atoms with van der Waals surface area (Å²) in [5, 5.41) is 5.84. The summed E-state index contributed by atoms with van der Waals surface area (Å²) in [4.78, 5) is 15.5. The van der Waals surface area contributed by atoms with Crippen LogP contribution in [-0.2, 0) is 4.74 Å². The lowest BCUT2D eigenvalue weighted by Crippen LogP contribution is -2.51. The molecule has 1 aromatic rings. The topological polar surface area (TPSA) is 53.6 Å². The van der Waals surface area contributed by atoms with Gasteiger partial charge in [-0.2, -0.15) is 0 Å². The minimum Gasteiger partial charge on any atom is -0.373 e. The third kappa shape index (κ3) is 3.93. The quantitative estimate of drug-likeness (QED) is 0.883. The second-order valence-electron chi connectivity index (χ2n) is 5.96. The van der Waals surface area contributed by atoms with E-state index >= 15 is 0 Å². The number of urea groups is 1. The third-order valence-electron chi connectivity index (χ3n) is 4.32. The fraction of sp³-hybridized carbons (Fsp3) is 0.667. The van der Waals surface area contributed by atoms with Crippen molar-refractivity contribution < 1.29 is 9.53 Å². The summed E-state index contributed by atoms with van der Waals surface area (Å²) >= 11 is 7.40. The third-order valence-corrected chi connectivity index (χ3v) is 5.73. The number of fused-ring (bicyclic) bond motifs is 1. The summed E-state index contributed by atoms with van der Waals surface area (Å²) in [5.74, 6) is 0. The van der Waals surface area contributed by atoms with Crippen LogP contribution >= 0.6 is 22.9 Å². The Morgan fingerprint density at radius 2 is 2.45 bits per heavy atom. The van der Waals surface area contributed by atoms with Crippen molar-refractivity contribution in [3.05, 3.63) is 21.3 Å². The van der Waals surface area contributed by atoms with Crippen molar-refractivity contribution in [2.45, 2.75) is 38.0 Å². The Kier molecular flexibility index (Phi) is 5.23. The Bertz CT molecular complexity index is 525. The first-order valence-corrected chi connectivity index (χ1v) is 8.96. The number of carbonyl (C=O) groups is 1. The first-order valence-electron chi connectivity index (χ1n) is 7.77. The molecule has 2 fully saturated rings. The molecule has 7 heteroatoms. The van der Waals surface area contributed by atoms with Crippen LogP contribution in [0.4, 0.5) is 4.79 Å². The number of hydrogen-bond donors (Lipinski definition) is 2. The lowest BCUT2D eigenvalue weighted by atomic mass is 10.2. The second-order valence-corrected chi connectivity index (χ2v) is 7.71. The van der Waals surface area contributed by atoms with Gasteiger partial charge in [-0.3, -0.25) is 4.90 Å². The highest BCUT2D eigenvalue weighted by atomic mass is 35.5. The van der Waals surface area contributed by atoms with Gasteiger partial charge in [0.25, 0.3) is 0 Å². The van der Waals surface area contributed by atoms with Crippen LogP contribution in [0.25, 0.3) is 0 Å². The van der Waals surface area contributed by atoms with Crippen LogP contribution in [-0.4, -0.2) is 49.3 Å². The summed E-state index contributed by atoms with van der Waals surface area (Å²) in [6, 6.07) is 4.17. The van der Waals surface area contributed by atoms with Crippen LogP contribution in [0.3, 0.4) is 0 Å². The number of rotatable bonds is 4. The van der Waals surface area contributed by atoms with Gasteiger partial charge < -0.3 is 15.4 Å². The van der Waals surface area contributed by atoms with Gasteiger partial charge in [0.1, 0.15) is 0 Å². The molecule has 3 atom stereocenters. The molecular formula is C15H22ClN3O2S. The number of hydrogen-bond acceptors (Lipinski definition) is 4. The van der Waals surface area contributed by atoms with Crippen LogP contribution in [0.15, 0.2) is 12.1 Å². The first kappa shape index (κ1) is 16.1. The maximum absolute atomic E-state index is 12.0. The van der Waals surface area contributed by atoms with Crippen molar-refractivity contribution >= 4 is 29.0 Å². The zero-order chi connectivity index (χ0) is 15.5. The van der Waals surface area contributed by atoms with Crippen molar-refractivity contribution in [3.8, 4) is 0 Å². The van der Waals surface area contributed by atoms with Crippen molar-refractivity contribution in [3.63, 3.8) is 0 Å². The van der Waals surface area contributed by atoms with Gasteiger partial charge in [-0.05, 0) is 38.4 Å². The summed E-state index contributed by atoms with van der Waals surface area (Å²) in [7, 11) is 0. The number of morpholine rings is 1. The Balaban J connectivity index is 1.40. The molecule has 2 N–H and O–H groups in total. The number of thiophene rings is 1. The summed E-state index contributed by atoms with van der Waals surface area (Å²) in [5.41, 5.74) is 0. The van der Waals surface area contributed by atoms with Gasteiger partial charge in [-0.25, -0.2) is 4.79 Å². The molecule has 0 bridgehead atoms. The van der Waals surface area contributed by atoms with Gasteiger partial charge in [0, 0.05) is 24.0 Å². The van der Waals surface area contributed by atoms with E-state index in [1.165, 1.54) is 24.2 Å². The fourth-order valence-corrected chi connectivity index (χ4v) is 4.16. The number of nitrogens with zero attached hydrogens (tertiary/aromatic N) is 1. The monoisotopic (exact) mass is 343 g/mol. The molecule has 122 valence electrons. The fourth-order valence-electron chi connectivity index (χ4n) is 3.10. The molecule has 22 heavy (non-hydrogen) atoms. The highest BCUT2D eigenvalue weighted by Gasteiger charge is 2.32. The van der Waals surface area contributed by atoms with E-state index in [1.54, 1.807) is 0 Å². The SMILES string of the molecule is C[C@H](NC(=O)NC[C@H]1CN2CCC[C@@H]2CO1)c1ccc(Cl)s1.